The lowest BCUT2D eigenvalue weighted by atomic mass is 10.4. The van der Waals surface area contributed by atoms with Crippen molar-refractivity contribution in [2.75, 3.05) is 0 Å². The van der Waals surface area contributed by atoms with Gasteiger partial charge in [-0.15, -0.1) is 9.05 Å². The minimum Gasteiger partial charge on any atom is -0.104 e. The molecule has 0 N–H and O–H groups in total. The Morgan fingerprint density at radius 2 is 1.43 bits per heavy atom. The molecule has 0 saturated carbocycles. The minimum atomic E-state index is -2.03. The number of rotatable bonds is 8. The zero-order valence-electron chi connectivity index (χ0n) is 8.41. The van der Waals surface area contributed by atoms with Crippen LogP contribution in [0, 0.1) is 0 Å². The highest BCUT2D eigenvalue weighted by atomic mass is 79.9. The van der Waals surface area contributed by atoms with Crippen LogP contribution in [0.2, 0.25) is 0 Å². The maximum atomic E-state index is 11.3. The molecule has 84 valence electrons. The Bertz CT molecular complexity index is 153. The molecule has 0 aromatic heterocycles. The second kappa shape index (κ2) is 9.22. The Hall–Kier alpha value is 0.980. The van der Waals surface area contributed by atoms with Gasteiger partial charge in [-0.05, 0) is 12.8 Å². The van der Waals surface area contributed by atoms with Crippen LogP contribution in [0.1, 0.15) is 39.5 Å². The van der Waals surface area contributed by atoms with Crippen LogP contribution in [0.15, 0.2) is 0 Å². The average molecular weight is 351 g/mol. The third kappa shape index (κ3) is 8.30. The summed E-state index contributed by atoms with van der Waals surface area (Å²) in [6, 6.07) is 0. The lowest BCUT2D eigenvalue weighted by Gasteiger charge is -2.01. The fourth-order valence-corrected chi connectivity index (χ4v) is 3.14. The van der Waals surface area contributed by atoms with Crippen LogP contribution in [-0.4, -0.2) is 10.0 Å². The predicted molar refractivity (Wildman–Crippen MR) is 65.0 cm³/mol. The van der Waals surface area contributed by atoms with Gasteiger partial charge >= 0.3 is 8.25 Å². The van der Waals surface area contributed by atoms with Crippen LogP contribution in [0.5, 0.6) is 0 Å². The molecule has 0 aliphatic rings. The van der Waals surface area contributed by atoms with Gasteiger partial charge in [0, 0.05) is 4.57 Å². The maximum absolute atomic E-state index is 11.3. The van der Waals surface area contributed by atoms with Crippen molar-refractivity contribution in [3.63, 3.8) is 0 Å². The molecule has 0 heterocycles. The molecule has 2 unspecified atom stereocenters. The molecule has 0 bridgehead atoms. The molecular formula is C8H16Br2O3P+. The van der Waals surface area contributed by atoms with Crippen molar-refractivity contribution in [3.8, 4) is 0 Å². The molecule has 0 spiro atoms. The first-order chi connectivity index (χ1) is 6.60. The molecule has 0 fully saturated rings. The Kier molecular flexibility index (Phi) is 9.87. The van der Waals surface area contributed by atoms with Crippen LogP contribution < -0.4 is 0 Å². The SMILES string of the molecule is CCCC(Br)O[P+](=O)OC(Br)CCC. The van der Waals surface area contributed by atoms with Crippen LogP contribution in [0.25, 0.3) is 0 Å². The maximum Gasteiger partial charge on any atom is 0.699 e. The predicted octanol–water partition coefficient (Wildman–Crippen LogP) is 4.72. The first-order valence-electron chi connectivity index (χ1n) is 4.69. The van der Waals surface area contributed by atoms with E-state index >= 15 is 0 Å². The van der Waals surface area contributed by atoms with Gasteiger partial charge in [0.25, 0.3) is 0 Å². The van der Waals surface area contributed by atoms with E-state index in [9.17, 15) is 4.57 Å². The van der Waals surface area contributed by atoms with Crippen LogP contribution >= 0.6 is 40.1 Å². The largest absolute Gasteiger partial charge is 0.699 e. The highest BCUT2D eigenvalue weighted by Gasteiger charge is 2.28. The van der Waals surface area contributed by atoms with Gasteiger partial charge in [0.05, 0.1) is 0 Å². The third-order valence-electron chi connectivity index (χ3n) is 1.43. The summed E-state index contributed by atoms with van der Waals surface area (Å²) >= 11 is 6.53. The van der Waals surface area contributed by atoms with E-state index < -0.39 is 8.25 Å². The summed E-state index contributed by atoms with van der Waals surface area (Å²) in [4.78, 5) is 0. The molecule has 14 heavy (non-hydrogen) atoms. The lowest BCUT2D eigenvalue weighted by Crippen LogP contribution is -2.02. The van der Waals surface area contributed by atoms with Gasteiger partial charge in [0.1, 0.15) is 0 Å². The number of halogens is 2. The van der Waals surface area contributed by atoms with E-state index in [0.717, 1.165) is 25.7 Å². The van der Waals surface area contributed by atoms with E-state index in [-0.39, 0.29) is 10.0 Å². The second-order valence-corrected chi connectivity index (χ2v) is 5.74. The smallest absolute Gasteiger partial charge is 0.104 e. The van der Waals surface area contributed by atoms with Crippen LogP contribution in [0.3, 0.4) is 0 Å². The van der Waals surface area contributed by atoms with E-state index in [1.54, 1.807) is 0 Å². The topological polar surface area (TPSA) is 35.5 Å². The standard InChI is InChI=1S/C8H16Br2O3P/c1-3-5-7(9)12-14(11)13-8(10)6-4-2/h7-8H,3-6H2,1-2H3/q+1. The molecule has 0 saturated heterocycles. The first-order valence-corrected chi connectivity index (χ1v) is 7.61. The number of hydrogen-bond acceptors (Lipinski definition) is 3. The molecule has 6 heteroatoms. The van der Waals surface area contributed by atoms with Gasteiger partial charge in [-0.3, -0.25) is 0 Å². The van der Waals surface area contributed by atoms with E-state index in [1.807, 2.05) is 13.8 Å². The minimum absolute atomic E-state index is 0.183. The first kappa shape index (κ1) is 15.0. The van der Waals surface area contributed by atoms with Gasteiger partial charge in [0.15, 0.2) is 10.0 Å². The fourth-order valence-electron chi connectivity index (χ4n) is 0.771. The zero-order valence-corrected chi connectivity index (χ0v) is 12.5. The summed E-state index contributed by atoms with van der Waals surface area (Å²) < 4.78 is 21.4. The molecule has 0 amide bonds. The Labute approximate surface area is 103 Å². The van der Waals surface area contributed by atoms with Crippen LogP contribution in [0.4, 0.5) is 0 Å². The molecule has 0 radical (unpaired) electrons. The summed E-state index contributed by atoms with van der Waals surface area (Å²) in [5, 5.41) is -0.366. The molecule has 3 nitrogen and oxygen atoms in total. The molecule has 0 aromatic rings. The van der Waals surface area contributed by atoms with Crippen molar-refractivity contribution in [3.05, 3.63) is 0 Å². The third-order valence-corrected chi connectivity index (χ3v) is 4.15. The quantitative estimate of drug-likeness (QED) is 0.469. The Morgan fingerprint density at radius 1 is 1.07 bits per heavy atom. The second-order valence-electron chi connectivity index (χ2n) is 2.83. The van der Waals surface area contributed by atoms with E-state index in [0.29, 0.717) is 0 Å². The van der Waals surface area contributed by atoms with E-state index in [2.05, 4.69) is 31.9 Å². The fraction of sp³-hybridized carbons (Fsp3) is 1.00. The summed E-state index contributed by atoms with van der Waals surface area (Å²) in [6.45, 7) is 4.08. The number of hydrogen-bond donors (Lipinski definition) is 0. The van der Waals surface area contributed by atoms with E-state index in [4.69, 9.17) is 9.05 Å². The summed E-state index contributed by atoms with van der Waals surface area (Å²) in [5.74, 6) is 0. The zero-order chi connectivity index (χ0) is 11.0. The molecule has 0 aromatic carbocycles. The van der Waals surface area contributed by atoms with Gasteiger partial charge in [-0.25, -0.2) is 0 Å². The van der Waals surface area contributed by atoms with Crippen LogP contribution in [-0.2, 0) is 13.6 Å². The summed E-state index contributed by atoms with van der Waals surface area (Å²) in [7, 11) is -2.03. The molecule has 0 aliphatic carbocycles. The summed E-state index contributed by atoms with van der Waals surface area (Å²) in [6.07, 6.45) is 3.61. The van der Waals surface area contributed by atoms with Crippen molar-refractivity contribution < 1.29 is 13.6 Å². The highest BCUT2D eigenvalue weighted by Crippen LogP contribution is 2.33. The normalized spacial score (nSPS) is 16.4. The highest BCUT2D eigenvalue weighted by molar-refractivity contribution is 9.09. The van der Waals surface area contributed by atoms with Crippen molar-refractivity contribution in [2.45, 2.75) is 49.6 Å². The van der Waals surface area contributed by atoms with Gasteiger partial charge in [-0.1, -0.05) is 58.5 Å². The Morgan fingerprint density at radius 3 is 1.71 bits per heavy atom. The average Bonchev–Trinajstić information content (AvgIpc) is 2.03. The summed E-state index contributed by atoms with van der Waals surface area (Å²) in [5.41, 5.74) is 0. The number of alkyl halides is 2. The molecular weight excluding hydrogens is 335 g/mol. The van der Waals surface area contributed by atoms with Gasteiger partial charge < -0.3 is 0 Å². The van der Waals surface area contributed by atoms with Gasteiger partial charge in [0.2, 0.25) is 0 Å². The van der Waals surface area contributed by atoms with Crippen molar-refractivity contribution in [1.29, 1.82) is 0 Å². The van der Waals surface area contributed by atoms with E-state index in [1.165, 1.54) is 0 Å². The molecule has 0 aliphatic heterocycles. The van der Waals surface area contributed by atoms with Crippen molar-refractivity contribution in [2.24, 2.45) is 0 Å². The van der Waals surface area contributed by atoms with Crippen molar-refractivity contribution >= 4 is 40.1 Å². The lowest BCUT2D eigenvalue weighted by molar-refractivity contribution is 0.197. The molecule has 0 rings (SSSR count). The molecule has 2 atom stereocenters. The van der Waals surface area contributed by atoms with Gasteiger partial charge in [-0.2, -0.15) is 0 Å². The monoisotopic (exact) mass is 349 g/mol. The Balaban J connectivity index is 3.63. The van der Waals surface area contributed by atoms with Crippen molar-refractivity contribution in [1.82, 2.24) is 0 Å².